The van der Waals surface area contributed by atoms with E-state index in [4.69, 9.17) is 16.3 Å². The first-order valence-electron chi connectivity index (χ1n) is 9.59. The predicted molar refractivity (Wildman–Crippen MR) is 121 cm³/mol. The molecule has 2 unspecified atom stereocenters. The third-order valence-corrected chi connectivity index (χ3v) is 4.84. The summed E-state index contributed by atoms with van der Waals surface area (Å²) in [6.45, 7) is 5.71. The van der Waals surface area contributed by atoms with Crippen LogP contribution in [0.2, 0.25) is 5.02 Å². The lowest BCUT2D eigenvalue weighted by atomic mass is 10.0. The van der Waals surface area contributed by atoms with Crippen molar-refractivity contribution < 1.29 is 22.3 Å². The highest BCUT2D eigenvalue weighted by molar-refractivity contribution is 14.0. The van der Waals surface area contributed by atoms with Crippen LogP contribution in [0.5, 0.6) is 0 Å². The van der Waals surface area contributed by atoms with Crippen LogP contribution in [0.15, 0.2) is 23.2 Å². The molecule has 1 saturated heterocycles. The average molecular weight is 567 g/mol. The van der Waals surface area contributed by atoms with Crippen molar-refractivity contribution in [1.29, 1.82) is 0 Å². The Balaban J connectivity index is 0.00000450. The summed E-state index contributed by atoms with van der Waals surface area (Å²) in [5, 5.41) is 5.88. The van der Waals surface area contributed by atoms with Gasteiger partial charge >= 0.3 is 6.18 Å². The largest absolute Gasteiger partial charge is 0.390 e. The monoisotopic (exact) mass is 566 g/mol. The quantitative estimate of drug-likeness (QED) is 0.223. The highest BCUT2D eigenvalue weighted by Crippen LogP contribution is 2.31. The zero-order valence-electron chi connectivity index (χ0n) is 16.9. The standard InChI is InChI=1S/C19H27ClF4N4O.HI/c1-3-25-18(26-8-7-19(22,23)24)27-11-16(28-9-10-29-13(2)12-28)17-14(20)5-4-6-15(17)21;/h4-6,13,16H,3,7-12H2,1-2H3,(H2,25,26,27);1H. The summed E-state index contributed by atoms with van der Waals surface area (Å²) in [4.78, 5) is 6.45. The molecule has 5 nitrogen and oxygen atoms in total. The average Bonchev–Trinajstić information content (AvgIpc) is 2.63. The molecule has 1 aliphatic rings. The molecule has 0 amide bonds. The number of halogens is 6. The summed E-state index contributed by atoms with van der Waals surface area (Å²) in [7, 11) is 0. The van der Waals surface area contributed by atoms with Crippen molar-refractivity contribution in [2.45, 2.75) is 38.6 Å². The number of guanidine groups is 1. The number of hydrogen-bond donors (Lipinski definition) is 2. The van der Waals surface area contributed by atoms with E-state index in [1.165, 1.54) is 12.1 Å². The van der Waals surface area contributed by atoms with E-state index in [1.54, 1.807) is 6.07 Å². The highest BCUT2D eigenvalue weighted by atomic mass is 127. The summed E-state index contributed by atoms with van der Waals surface area (Å²) in [6.07, 6.45) is -5.25. The maximum absolute atomic E-state index is 14.6. The molecule has 2 rings (SSSR count). The molecule has 0 saturated carbocycles. The van der Waals surface area contributed by atoms with Gasteiger partial charge in [0, 0.05) is 36.8 Å². The molecule has 0 spiro atoms. The van der Waals surface area contributed by atoms with E-state index < -0.39 is 24.5 Å². The van der Waals surface area contributed by atoms with Gasteiger partial charge < -0.3 is 15.4 Å². The van der Waals surface area contributed by atoms with Crippen molar-refractivity contribution in [1.82, 2.24) is 15.5 Å². The van der Waals surface area contributed by atoms with E-state index in [2.05, 4.69) is 15.6 Å². The van der Waals surface area contributed by atoms with E-state index in [0.29, 0.717) is 36.8 Å². The lowest BCUT2D eigenvalue weighted by Gasteiger charge is -2.37. The smallest absolute Gasteiger partial charge is 0.376 e. The Labute approximate surface area is 196 Å². The van der Waals surface area contributed by atoms with Crippen molar-refractivity contribution >= 4 is 41.5 Å². The highest BCUT2D eigenvalue weighted by Gasteiger charge is 2.29. The molecule has 30 heavy (non-hydrogen) atoms. The molecule has 0 radical (unpaired) electrons. The van der Waals surface area contributed by atoms with Gasteiger partial charge in [0.05, 0.1) is 31.7 Å². The fourth-order valence-corrected chi connectivity index (χ4v) is 3.48. The Bertz CT molecular complexity index is 673. The number of hydrogen-bond acceptors (Lipinski definition) is 3. The molecule has 172 valence electrons. The molecule has 1 fully saturated rings. The lowest BCUT2D eigenvalue weighted by Crippen LogP contribution is -2.45. The molecule has 1 aromatic rings. The van der Waals surface area contributed by atoms with Crippen LogP contribution >= 0.6 is 35.6 Å². The van der Waals surface area contributed by atoms with E-state index >= 15 is 0 Å². The number of nitrogens with zero attached hydrogens (tertiary/aromatic N) is 2. The van der Waals surface area contributed by atoms with E-state index in [-0.39, 0.29) is 49.1 Å². The molecule has 2 atom stereocenters. The fraction of sp³-hybridized carbons (Fsp3) is 0.632. The Morgan fingerprint density at radius 2 is 2.10 bits per heavy atom. The van der Waals surface area contributed by atoms with Crippen molar-refractivity contribution in [3.63, 3.8) is 0 Å². The van der Waals surface area contributed by atoms with Gasteiger partial charge in [-0.15, -0.1) is 24.0 Å². The zero-order valence-corrected chi connectivity index (χ0v) is 20.0. The molecule has 1 aromatic carbocycles. The van der Waals surface area contributed by atoms with E-state index in [0.717, 1.165) is 0 Å². The van der Waals surface area contributed by atoms with E-state index in [1.807, 2.05) is 18.7 Å². The molecule has 0 aromatic heterocycles. The normalized spacial score (nSPS) is 19.2. The van der Waals surface area contributed by atoms with Crippen LogP contribution in [0.1, 0.15) is 31.9 Å². The van der Waals surface area contributed by atoms with Gasteiger partial charge in [-0.2, -0.15) is 13.2 Å². The first-order valence-corrected chi connectivity index (χ1v) is 9.97. The summed E-state index contributed by atoms with van der Waals surface area (Å²) in [5.74, 6) is -0.192. The van der Waals surface area contributed by atoms with Crippen LogP contribution in [0.25, 0.3) is 0 Å². The first-order chi connectivity index (χ1) is 13.7. The van der Waals surface area contributed by atoms with Gasteiger partial charge in [-0.3, -0.25) is 9.89 Å². The van der Waals surface area contributed by atoms with Gasteiger partial charge in [-0.25, -0.2) is 4.39 Å². The minimum Gasteiger partial charge on any atom is -0.376 e. The minimum absolute atomic E-state index is 0. The van der Waals surface area contributed by atoms with Gasteiger partial charge in [-0.05, 0) is 26.0 Å². The number of rotatable bonds is 7. The van der Waals surface area contributed by atoms with Crippen molar-refractivity contribution in [3.05, 3.63) is 34.6 Å². The van der Waals surface area contributed by atoms with Crippen molar-refractivity contribution in [2.75, 3.05) is 39.3 Å². The predicted octanol–water partition coefficient (Wildman–Crippen LogP) is 4.37. The third-order valence-electron chi connectivity index (χ3n) is 4.51. The van der Waals surface area contributed by atoms with Crippen molar-refractivity contribution in [2.24, 2.45) is 4.99 Å². The summed E-state index contributed by atoms with van der Waals surface area (Å²) < 4.78 is 57.4. The second-order valence-corrected chi connectivity index (χ2v) is 7.25. The van der Waals surface area contributed by atoms with Crippen LogP contribution in [-0.2, 0) is 4.74 Å². The maximum Gasteiger partial charge on any atom is 0.390 e. The SMILES string of the molecule is CCNC(=NCC(c1c(F)cccc1Cl)N1CCOC(C)C1)NCCC(F)(F)F.I. The Morgan fingerprint density at radius 3 is 2.70 bits per heavy atom. The number of ether oxygens (including phenoxy) is 1. The lowest BCUT2D eigenvalue weighted by molar-refractivity contribution is -0.132. The molecule has 1 heterocycles. The van der Waals surface area contributed by atoms with Gasteiger partial charge in [-0.1, -0.05) is 17.7 Å². The second-order valence-electron chi connectivity index (χ2n) is 6.84. The Kier molecular flexibility index (Phi) is 11.7. The molecule has 0 aliphatic carbocycles. The first kappa shape index (κ1) is 27.2. The number of morpholine rings is 1. The summed E-state index contributed by atoms with van der Waals surface area (Å²) in [6, 6.07) is 4.03. The molecule has 11 heteroatoms. The molecular formula is C19H28ClF4IN4O. The van der Waals surface area contributed by atoms with Gasteiger partial charge in [0.1, 0.15) is 5.82 Å². The molecule has 2 N–H and O–H groups in total. The van der Waals surface area contributed by atoms with Gasteiger partial charge in [0.25, 0.3) is 0 Å². The number of aliphatic imine (C=N–C) groups is 1. The van der Waals surface area contributed by atoms with Crippen molar-refractivity contribution in [3.8, 4) is 0 Å². The Hall–Kier alpha value is -0.850. The minimum atomic E-state index is -4.25. The van der Waals surface area contributed by atoms with Crippen LogP contribution < -0.4 is 10.6 Å². The maximum atomic E-state index is 14.6. The molecular weight excluding hydrogens is 539 g/mol. The summed E-state index contributed by atoms with van der Waals surface area (Å²) >= 11 is 6.29. The van der Waals surface area contributed by atoms with Crippen LogP contribution in [0.4, 0.5) is 17.6 Å². The van der Waals surface area contributed by atoms with E-state index in [9.17, 15) is 17.6 Å². The number of nitrogens with one attached hydrogen (secondary N) is 2. The molecule has 1 aliphatic heterocycles. The number of benzene rings is 1. The van der Waals surface area contributed by atoms with Gasteiger partial charge in [0.2, 0.25) is 0 Å². The zero-order chi connectivity index (χ0) is 21.4. The summed E-state index contributed by atoms with van der Waals surface area (Å²) in [5.41, 5.74) is 0.332. The third kappa shape index (κ3) is 8.72. The topological polar surface area (TPSA) is 48.9 Å². The molecule has 0 bridgehead atoms. The van der Waals surface area contributed by atoms with Crippen LogP contribution in [-0.4, -0.2) is 62.5 Å². The van der Waals surface area contributed by atoms with Crippen LogP contribution in [0, 0.1) is 5.82 Å². The Morgan fingerprint density at radius 1 is 1.37 bits per heavy atom. The van der Waals surface area contributed by atoms with Crippen LogP contribution in [0.3, 0.4) is 0 Å². The number of alkyl halides is 3. The van der Waals surface area contributed by atoms with Gasteiger partial charge in [0.15, 0.2) is 5.96 Å². The second kappa shape index (κ2) is 12.9. The fourth-order valence-electron chi connectivity index (χ4n) is 3.19.